The van der Waals surface area contributed by atoms with Crippen LogP contribution in [0.15, 0.2) is 78.9 Å². The summed E-state index contributed by atoms with van der Waals surface area (Å²) in [6.45, 7) is 2.03. The molecule has 4 heteroatoms. The van der Waals surface area contributed by atoms with Crippen molar-refractivity contribution in [3.63, 3.8) is 0 Å². The molecule has 0 unspecified atom stereocenters. The van der Waals surface area contributed by atoms with Gasteiger partial charge >= 0.3 is 5.97 Å². The zero-order valence-electron chi connectivity index (χ0n) is 15.1. The second-order valence-electron chi connectivity index (χ2n) is 6.15. The van der Waals surface area contributed by atoms with Gasteiger partial charge in [0.05, 0.1) is 0 Å². The number of esters is 1. The van der Waals surface area contributed by atoms with Gasteiger partial charge in [0.25, 0.3) is 0 Å². The molecule has 0 amide bonds. The lowest BCUT2D eigenvalue weighted by Gasteiger charge is -2.08. The first-order valence-corrected chi connectivity index (χ1v) is 8.65. The number of hydrogen-bond acceptors (Lipinski definition) is 4. The zero-order valence-corrected chi connectivity index (χ0v) is 15.1. The Bertz CT molecular complexity index is 897. The van der Waals surface area contributed by atoms with Gasteiger partial charge in [-0.05, 0) is 36.8 Å². The fraction of sp³-hybridized carbons (Fsp3) is 0.130. The predicted molar refractivity (Wildman–Crippen MR) is 103 cm³/mol. The number of benzene rings is 3. The second kappa shape index (κ2) is 8.81. The third-order valence-electron chi connectivity index (χ3n) is 4.03. The van der Waals surface area contributed by atoms with E-state index in [-0.39, 0.29) is 19.0 Å². The van der Waals surface area contributed by atoms with Crippen LogP contribution in [0, 0.1) is 6.92 Å². The number of ketones is 1. The fourth-order valence-electron chi connectivity index (χ4n) is 2.49. The Morgan fingerprint density at radius 1 is 0.778 bits per heavy atom. The van der Waals surface area contributed by atoms with Crippen molar-refractivity contribution in [3.05, 3.63) is 101 Å². The lowest BCUT2D eigenvalue weighted by atomic mass is 10.0. The topological polar surface area (TPSA) is 52.6 Å². The van der Waals surface area contributed by atoms with Crippen molar-refractivity contribution in [2.75, 3.05) is 6.61 Å². The normalized spacial score (nSPS) is 10.3. The molecule has 4 nitrogen and oxygen atoms in total. The minimum atomic E-state index is -0.444. The largest absolute Gasteiger partial charge is 0.482 e. The zero-order chi connectivity index (χ0) is 19.1. The number of aryl methyl sites for hydroxylation is 1. The van der Waals surface area contributed by atoms with Gasteiger partial charge < -0.3 is 9.47 Å². The monoisotopic (exact) mass is 360 g/mol. The van der Waals surface area contributed by atoms with Crippen molar-refractivity contribution < 1.29 is 19.1 Å². The van der Waals surface area contributed by atoms with E-state index in [9.17, 15) is 9.59 Å². The van der Waals surface area contributed by atoms with Crippen LogP contribution in [0.3, 0.4) is 0 Å². The van der Waals surface area contributed by atoms with E-state index in [1.54, 1.807) is 36.4 Å². The number of carbonyl (C=O) groups is 2. The Morgan fingerprint density at radius 2 is 1.41 bits per heavy atom. The van der Waals surface area contributed by atoms with Crippen LogP contribution in [0.4, 0.5) is 0 Å². The Morgan fingerprint density at radius 3 is 2.07 bits per heavy atom. The fourth-order valence-corrected chi connectivity index (χ4v) is 2.49. The number of rotatable bonds is 7. The summed E-state index contributed by atoms with van der Waals surface area (Å²) in [6.07, 6.45) is 0. The number of carbonyl (C=O) groups excluding carboxylic acids is 2. The molecular formula is C23H20O4. The van der Waals surface area contributed by atoms with Gasteiger partial charge in [0.1, 0.15) is 12.4 Å². The molecule has 0 saturated carbocycles. The number of hydrogen-bond donors (Lipinski definition) is 0. The maximum atomic E-state index is 12.3. The van der Waals surface area contributed by atoms with Crippen LogP contribution in [-0.2, 0) is 16.1 Å². The highest BCUT2D eigenvalue weighted by atomic mass is 16.6. The molecule has 3 aromatic rings. The minimum Gasteiger partial charge on any atom is -0.482 e. The first-order valence-electron chi connectivity index (χ1n) is 8.65. The quantitative estimate of drug-likeness (QED) is 0.464. The lowest BCUT2D eigenvalue weighted by molar-refractivity contribution is -0.147. The summed E-state index contributed by atoms with van der Waals surface area (Å²) in [7, 11) is 0. The summed E-state index contributed by atoms with van der Waals surface area (Å²) >= 11 is 0. The first-order chi connectivity index (χ1) is 13.1. The molecule has 0 fully saturated rings. The van der Waals surface area contributed by atoms with Crippen molar-refractivity contribution in [3.8, 4) is 5.75 Å². The van der Waals surface area contributed by atoms with E-state index < -0.39 is 5.97 Å². The predicted octanol–water partition coefficient (Wildman–Crippen LogP) is 4.35. The highest BCUT2D eigenvalue weighted by Crippen LogP contribution is 2.15. The maximum absolute atomic E-state index is 12.3. The Kier molecular flexibility index (Phi) is 6.00. The lowest BCUT2D eigenvalue weighted by Crippen LogP contribution is -2.14. The molecule has 3 rings (SSSR count). The third-order valence-corrected chi connectivity index (χ3v) is 4.03. The maximum Gasteiger partial charge on any atom is 0.344 e. The standard InChI is InChI=1S/C23H20O4/c1-17-7-9-18(10-8-17)15-27-22(24)16-26-21-13-11-20(12-14-21)23(25)19-5-3-2-4-6-19/h2-14H,15-16H2,1H3. The molecule has 0 aromatic heterocycles. The van der Waals surface area contributed by atoms with Crippen molar-refractivity contribution >= 4 is 11.8 Å². The van der Waals surface area contributed by atoms with E-state index in [4.69, 9.17) is 9.47 Å². The summed E-state index contributed by atoms with van der Waals surface area (Å²) in [5.74, 6) is 0.00608. The molecule has 0 aliphatic carbocycles. The van der Waals surface area contributed by atoms with Gasteiger partial charge in [-0.3, -0.25) is 4.79 Å². The van der Waals surface area contributed by atoms with E-state index in [0.29, 0.717) is 16.9 Å². The SMILES string of the molecule is Cc1ccc(COC(=O)COc2ccc(C(=O)c3ccccc3)cc2)cc1. The molecule has 136 valence electrons. The minimum absolute atomic E-state index is 0.0559. The molecule has 0 aliphatic rings. The highest BCUT2D eigenvalue weighted by molar-refractivity contribution is 6.08. The van der Waals surface area contributed by atoms with Gasteiger partial charge in [0.15, 0.2) is 12.4 Å². The molecule has 0 spiro atoms. The van der Waals surface area contributed by atoms with E-state index in [1.165, 1.54) is 0 Å². The van der Waals surface area contributed by atoms with Crippen molar-refractivity contribution in [1.82, 2.24) is 0 Å². The van der Waals surface area contributed by atoms with Crippen LogP contribution >= 0.6 is 0 Å². The van der Waals surface area contributed by atoms with Gasteiger partial charge in [-0.1, -0.05) is 60.2 Å². The second-order valence-corrected chi connectivity index (χ2v) is 6.15. The van der Waals surface area contributed by atoms with Gasteiger partial charge in [-0.25, -0.2) is 4.79 Å². The van der Waals surface area contributed by atoms with E-state index in [1.807, 2.05) is 49.4 Å². The van der Waals surface area contributed by atoms with E-state index in [0.717, 1.165) is 11.1 Å². The Hall–Kier alpha value is -3.40. The average Bonchev–Trinajstić information content (AvgIpc) is 2.72. The smallest absolute Gasteiger partial charge is 0.344 e. The van der Waals surface area contributed by atoms with Crippen LogP contribution < -0.4 is 4.74 Å². The van der Waals surface area contributed by atoms with Gasteiger partial charge in [-0.2, -0.15) is 0 Å². The van der Waals surface area contributed by atoms with Crippen LogP contribution in [0.2, 0.25) is 0 Å². The molecule has 0 radical (unpaired) electrons. The Balaban J connectivity index is 1.49. The van der Waals surface area contributed by atoms with E-state index >= 15 is 0 Å². The van der Waals surface area contributed by atoms with Gasteiger partial charge in [0.2, 0.25) is 0 Å². The molecule has 0 N–H and O–H groups in total. The van der Waals surface area contributed by atoms with Crippen LogP contribution in [0.5, 0.6) is 5.75 Å². The van der Waals surface area contributed by atoms with E-state index in [2.05, 4.69) is 0 Å². The Labute approximate surface area is 158 Å². The molecule has 27 heavy (non-hydrogen) atoms. The third kappa shape index (κ3) is 5.28. The average molecular weight is 360 g/mol. The molecule has 0 heterocycles. The van der Waals surface area contributed by atoms with Gasteiger partial charge in [0, 0.05) is 11.1 Å². The van der Waals surface area contributed by atoms with Crippen LogP contribution in [0.25, 0.3) is 0 Å². The summed E-state index contributed by atoms with van der Waals surface area (Å²) < 4.78 is 10.6. The van der Waals surface area contributed by atoms with Crippen molar-refractivity contribution in [2.24, 2.45) is 0 Å². The summed E-state index contributed by atoms with van der Waals surface area (Å²) in [5.41, 5.74) is 3.28. The molecule has 0 aliphatic heterocycles. The summed E-state index contributed by atoms with van der Waals surface area (Å²) in [6, 6.07) is 23.6. The molecule has 3 aromatic carbocycles. The molecule has 0 bridgehead atoms. The summed E-state index contributed by atoms with van der Waals surface area (Å²) in [5, 5.41) is 0. The molecule has 0 atom stereocenters. The molecule has 0 saturated heterocycles. The van der Waals surface area contributed by atoms with Gasteiger partial charge in [-0.15, -0.1) is 0 Å². The van der Waals surface area contributed by atoms with Crippen LogP contribution in [0.1, 0.15) is 27.0 Å². The van der Waals surface area contributed by atoms with Crippen LogP contribution in [-0.4, -0.2) is 18.4 Å². The van der Waals surface area contributed by atoms with Crippen molar-refractivity contribution in [2.45, 2.75) is 13.5 Å². The molecular weight excluding hydrogens is 340 g/mol. The number of ether oxygens (including phenoxy) is 2. The highest BCUT2D eigenvalue weighted by Gasteiger charge is 2.09. The van der Waals surface area contributed by atoms with Crippen molar-refractivity contribution in [1.29, 1.82) is 0 Å². The first kappa shape index (κ1) is 18.4. The summed E-state index contributed by atoms with van der Waals surface area (Å²) in [4.78, 5) is 24.2.